The average Bonchev–Trinajstić information content (AvgIpc) is 0.785. The minimum Gasteiger partial charge on any atom is -0.481 e. The Bertz CT molecular complexity index is 2330. The van der Waals surface area contributed by atoms with Crippen molar-refractivity contribution in [1.82, 2.24) is 0 Å². The lowest BCUT2D eigenvalue weighted by molar-refractivity contribution is -0.389. The minimum absolute atomic E-state index is 0.501. The number of aliphatic hydroxyl groups is 14. The number of carboxylic acids is 7. The number of aliphatic hydroxyl groups excluding tert-OH is 14. The molecule has 21 heterocycles. The molecule has 0 saturated carbocycles. The van der Waals surface area contributed by atoms with Crippen LogP contribution in [0, 0.1) is 0 Å². The van der Waals surface area contributed by atoms with Crippen molar-refractivity contribution in [2.45, 2.75) is 215 Å². The monoisotopic (exact) mass is 1650 g/mol. The van der Waals surface area contributed by atoms with Gasteiger partial charge in [-0.1, -0.05) is 0 Å². The number of aliphatic carboxylic acids is 7. The molecule has 35 atom stereocenters. The largest absolute Gasteiger partial charge is 0.481 e. The molecule has 49 heteroatoms. The van der Waals surface area contributed by atoms with Crippen LogP contribution in [0.3, 0.4) is 0 Å². The molecule has 0 aromatic carbocycles. The van der Waals surface area contributed by atoms with E-state index in [1.165, 1.54) is 0 Å². The van der Waals surface area contributed by atoms with Gasteiger partial charge in [-0.3, -0.25) is 33.6 Å². The van der Waals surface area contributed by atoms with Crippen LogP contribution in [0.4, 0.5) is 0 Å². The summed E-state index contributed by atoms with van der Waals surface area (Å²) in [5.74, 6) is -17.7. The summed E-state index contributed by atoms with van der Waals surface area (Å²) in [5.41, 5.74) is 0. The topological polar surface area (TPSA) is 674 Å². The standard InChI is InChI=1S/C56H84O42S7/c57-22(58)8-99-1-15-43-29(71)36(78)50(85-15)93-44-16(2-100-9-23(59)60)87-52(38(80)31(44)73)95-46-18(4-102-11-25(63)64)89-54(40(82)33(46)75)97-48-20(6-104-13-27(67)68)91-56(42(84)35(48)77)98-49-21(7-105-14-28(69)70)90-55(41(83)34(49)76)96-47-19(5-103-12-26(65)66)88-53(39(81)32(47)74)94-45-17(3-101-10-24(61)62)86-51(92-43)37(79)30(45)72/h15-21,29-56,71-84H,1-14H2,(H,57,58)(H,59,60)(H,61,62)(H,63,64)(H,65,66)(H,67,68)(H,69,70)/t15-,16-,17-,18-,19-,20-,21-,29-,30-,31-,32-,33-,34-,35-,36-,37-,38-,39-,40-,41-,42-,43-,44-,45-,46-,47-,48-,49-,50-,51-,52-,53-,54-,55-,56-/m1/s1. The van der Waals surface area contributed by atoms with Crippen LogP contribution < -0.4 is 0 Å². The molecule has 0 spiro atoms. The van der Waals surface area contributed by atoms with Gasteiger partial charge in [-0.2, -0.15) is 0 Å². The van der Waals surface area contributed by atoms with Gasteiger partial charge in [0.05, 0.1) is 83.0 Å². The van der Waals surface area contributed by atoms with Crippen LogP contribution in [0.5, 0.6) is 0 Å². The molecule has 21 N–H and O–H groups in total. The van der Waals surface area contributed by atoms with E-state index in [0.717, 1.165) is 0 Å². The molecule has 21 fully saturated rings. The zero-order chi connectivity index (χ0) is 77.0. The zero-order valence-corrected chi connectivity index (χ0v) is 60.1. The summed E-state index contributed by atoms with van der Waals surface area (Å²) < 4.78 is 85.2. The summed E-state index contributed by atoms with van der Waals surface area (Å²) in [6.45, 7) is 0. The van der Waals surface area contributed by atoms with Crippen LogP contribution in [0.1, 0.15) is 0 Å². The summed E-state index contributed by atoms with van der Waals surface area (Å²) in [6, 6.07) is 0. The summed E-state index contributed by atoms with van der Waals surface area (Å²) >= 11 is 4.45. The maximum Gasteiger partial charge on any atom is 0.313 e. The van der Waals surface area contributed by atoms with Crippen LogP contribution in [0.25, 0.3) is 0 Å². The van der Waals surface area contributed by atoms with Gasteiger partial charge in [0, 0.05) is 40.3 Å². The highest BCUT2D eigenvalue weighted by Gasteiger charge is 2.60. The van der Waals surface area contributed by atoms with Crippen molar-refractivity contribution in [3.05, 3.63) is 0 Å². The van der Waals surface area contributed by atoms with E-state index in [2.05, 4.69) is 0 Å². The average molecular weight is 1650 g/mol. The SMILES string of the molecule is O=C(O)CSC[C@H]1O[C@@H]2O[C@H]3[C@H](O)[C@@H](O)[C@@H](O[C@H]4[C@H](O)[C@@H](O)[C@@H](O[C@H]5[C@H](O)[C@@H](O)[C@@H](O[C@H]6[C@H](O)[C@@H](O)[C@@H](O[C@H]7[C@H](O)[C@@H](O)[C@@H](O[C@H]8[C@H](O)[C@@H](O)[C@@H](O[C@H]1[C@H](O)[C@H]2O)O[C@@H]8CSCC(=O)O)O[C@@H]7CSCC(=O)O)O[C@@H]6CSCC(=O)O)O[C@@H]5CSCC(=O)O)O[C@@H]4CSCC(=O)O)O[C@@H]3CSCC(=O)O. The predicted octanol–water partition coefficient (Wildman–Crippen LogP) is -9.45. The van der Waals surface area contributed by atoms with E-state index >= 15 is 0 Å². The molecular weight excluding hydrogens is 1570 g/mol. The molecule has 0 radical (unpaired) electrons. The van der Waals surface area contributed by atoms with Crippen molar-refractivity contribution in [3.63, 3.8) is 0 Å². The van der Waals surface area contributed by atoms with E-state index in [-0.39, 0.29) is 0 Å². The summed E-state index contributed by atoms with van der Waals surface area (Å²) in [5, 5.41) is 234. The van der Waals surface area contributed by atoms with E-state index in [4.69, 9.17) is 66.3 Å². The molecule has 21 rings (SSSR count). The first-order valence-corrected chi connectivity index (χ1v) is 40.0. The Hall–Kier alpha value is -2.38. The smallest absolute Gasteiger partial charge is 0.313 e. The quantitative estimate of drug-likeness (QED) is 0.0346. The van der Waals surface area contributed by atoms with Crippen molar-refractivity contribution >= 4 is 124 Å². The van der Waals surface area contributed by atoms with Crippen LogP contribution in [0.2, 0.25) is 0 Å². The number of carbonyl (C=O) groups is 7. The van der Waals surface area contributed by atoms with Crippen molar-refractivity contribution in [1.29, 1.82) is 0 Å². The number of hydrogen-bond acceptors (Lipinski definition) is 42. The van der Waals surface area contributed by atoms with Gasteiger partial charge in [0.25, 0.3) is 0 Å². The van der Waals surface area contributed by atoms with Gasteiger partial charge in [0.1, 0.15) is 128 Å². The molecule has 105 heavy (non-hydrogen) atoms. The Balaban J connectivity index is 1.20. The summed E-state index contributed by atoms with van der Waals surface area (Å²) in [7, 11) is 0. The molecule has 21 aliphatic heterocycles. The first kappa shape index (κ1) is 88.2. The molecular formula is C56H84O42S7. The molecule has 0 aromatic rings. The van der Waals surface area contributed by atoms with Crippen LogP contribution >= 0.6 is 82.3 Å². The number of thioether (sulfide) groups is 7. The van der Waals surface area contributed by atoms with E-state index < -0.39 is 337 Å². The zero-order valence-electron chi connectivity index (χ0n) is 54.4. The Morgan fingerprint density at radius 2 is 0.286 bits per heavy atom. The highest BCUT2D eigenvalue weighted by molar-refractivity contribution is 8.01. The molecule has 21 saturated heterocycles. The molecule has 602 valence electrons. The summed E-state index contributed by atoms with van der Waals surface area (Å²) in [6.07, 6.45) is -73.0. The second-order valence-electron chi connectivity index (χ2n) is 24.7. The third-order valence-electron chi connectivity index (χ3n) is 17.1. The Morgan fingerprint density at radius 3 is 0.381 bits per heavy atom. The van der Waals surface area contributed by atoms with Crippen molar-refractivity contribution in [2.75, 3.05) is 80.5 Å². The minimum atomic E-state index is -2.34. The fourth-order valence-electron chi connectivity index (χ4n) is 12.2. The van der Waals surface area contributed by atoms with Gasteiger partial charge in [0.2, 0.25) is 0 Å². The number of ether oxygens (including phenoxy) is 14. The highest BCUT2D eigenvalue weighted by Crippen LogP contribution is 2.41. The van der Waals surface area contributed by atoms with E-state index in [9.17, 15) is 141 Å². The Morgan fingerprint density at radius 1 is 0.181 bits per heavy atom. The van der Waals surface area contributed by atoms with E-state index in [0.29, 0.717) is 82.3 Å². The summed E-state index contributed by atoms with van der Waals surface area (Å²) in [4.78, 5) is 82.8. The molecule has 0 aromatic heterocycles. The van der Waals surface area contributed by atoms with Gasteiger partial charge in [-0.05, 0) is 0 Å². The second kappa shape index (κ2) is 40.9. The molecule has 0 amide bonds. The van der Waals surface area contributed by atoms with Gasteiger partial charge < -0.3 is 174 Å². The fourth-order valence-corrected chi connectivity index (χ4v) is 17.7. The van der Waals surface area contributed by atoms with Gasteiger partial charge in [-0.25, -0.2) is 0 Å². The molecule has 21 aliphatic rings. The number of rotatable bonds is 28. The maximum atomic E-state index is 12.0. The van der Waals surface area contributed by atoms with Crippen molar-refractivity contribution in [3.8, 4) is 0 Å². The predicted molar refractivity (Wildman–Crippen MR) is 354 cm³/mol. The molecule has 0 aliphatic carbocycles. The van der Waals surface area contributed by atoms with Crippen LogP contribution in [-0.2, 0) is 99.9 Å². The normalized spacial score (nSPS) is 43.5. The highest BCUT2D eigenvalue weighted by atomic mass is 32.2. The lowest BCUT2D eigenvalue weighted by Gasteiger charge is -2.50. The van der Waals surface area contributed by atoms with E-state index in [1.807, 2.05) is 0 Å². The third-order valence-corrected chi connectivity index (χ3v) is 24.2. The second-order valence-corrected chi connectivity index (χ2v) is 31.9. The van der Waals surface area contributed by atoms with Crippen molar-refractivity contribution in [2.24, 2.45) is 0 Å². The molecule has 42 nitrogen and oxygen atoms in total. The lowest BCUT2D eigenvalue weighted by atomic mass is 9.95. The van der Waals surface area contributed by atoms with E-state index in [1.54, 1.807) is 0 Å². The van der Waals surface area contributed by atoms with Crippen LogP contribution in [0.15, 0.2) is 0 Å². The molecule has 14 bridgehead atoms. The van der Waals surface area contributed by atoms with Crippen molar-refractivity contribution < 1.29 is 207 Å². The maximum absolute atomic E-state index is 12.0. The lowest BCUT2D eigenvalue weighted by Crippen LogP contribution is -2.68. The first-order valence-electron chi connectivity index (χ1n) is 31.9. The van der Waals surface area contributed by atoms with Gasteiger partial charge >= 0.3 is 41.8 Å². The van der Waals surface area contributed by atoms with Gasteiger partial charge in [-0.15, -0.1) is 82.3 Å². The van der Waals surface area contributed by atoms with Gasteiger partial charge in [0.15, 0.2) is 44.0 Å². The van der Waals surface area contributed by atoms with Crippen LogP contribution in [-0.4, -0.2) is 445 Å². The molecule has 0 unspecified atom stereocenters. The Kier molecular flexibility index (Phi) is 34.3. The number of hydrogen-bond donors (Lipinski definition) is 21. The fraction of sp³-hybridized carbons (Fsp3) is 0.875. The number of carboxylic acid groups (broad SMARTS) is 7. The third kappa shape index (κ3) is 23.4. The first-order chi connectivity index (χ1) is 49.6. The Labute approximate surface area is 623 Å².